The van der Waals surface area contributed by atoms with Gasteiger partial charge in [-0.25, -0.2) is 0 Å². The summed E-state index contributed by atoms with van der Waals surface area (Å²) in [7, 11) is 0. The normalized spacial score (nSPS) is 15.9. The van der Waals surface area contributed by atoms with Crippen LogP contribution in [-0.4, -0.2) is 58.1 Å². The van der Waals surface area contributed by atoms with Crippen LogP contribution in [0.4, 0.5) is 0 Å². The Balaban J connectivity index is 0.000000240. The van der Waals surface area contributed by atoms with E-state index in [4.69, 9.17) is 0 Å². The SMILES string of the molecule is CC(=O)CCN1C(=O)C=CC1=O.CC(=O)CCN1C(=O)C=CC1=O. The summed E-state index contributed by atoms with van der Waals surface area (Å²) >= 11 is 0. The predicted octanol–water partition coefficient (Wildman–Crippen LogP) is -0.219. The third-order valence-corrected chi connectivity index (χ3v) is 3.18. The number of rotatable bonds is 6. The molecule has 2 aliphatic rings. The molecule has 2 aliphatic heterocycles. The fourth-order valence-electron chi connectivity index (χ4n) is 1.84. The highest BCUT2D eigenvalue weighted by molar-refractivity contribution is 6.13. The molecular weight excluding hydrogens is 316 g/mol. The van der Waals surface area contributed by atoms with Gasteiger partial charge in [0.05, 0.1) is 0 Å². The number of carbonyl (C=O) groups excluding carboxylic acids is 6. The minimum Gasteiger partial charge on any atom is -0.300 e. The van der Waals surface area contributed by atoms with Gasteiger partial charge in [-0.1, -0.05) is 0 Å². The summed E-state index contributed by atoms with van der Waals surface area (Å²) in [5.41, 5.74) is 0. The molecule has 0 aromatic rings. The molecule has 0 bridgehead atoms. The number of Topliss-reactive ketones (excluding diaryl/α,β-unsaturated/α-hetero) is 2. The molecular formula is C16H18N2O6. The first kappa shape index (κ1) is 19.1. The largest absolute Gasteiger partial charge is 0.300 e. The van der Waals surface area contributed by atoms with Gasteiger partial charge >= 0.3 is 0 Å². The van der Waals surface area contributed by atoms with E-state index in [9.17, 15) is 28.8 Å². The smallest absolute Gasteiger partial charge is 0.253 e. The van der Waals surface area contributed by atoms with Gasteiger partial charge in [-0.15, -0.1) is 0 Å². The molecule has 128 valence electrons. The summed E-state index contributed by atoms with van der Waals surface area (Å²) in [5, 5.41) is 0. The lowest BCUT2D eigenvalue weighted by molar-refractivity contribution is -0.139. The van der Waals surface area contributed by atoms with E-state index in [1.54, 1.807) is 0 Å². The zero-order valence-electron chi connectivity index (χ0n) is 13.5. The van der Waals surface area contributed by atoms with Crippen molar-refractivity contribution in [3.8, 4) is 0 Å². The molecule has 0 fully saturated rings. The molecule has 8 heteroatoms. The number of imide groups is 2. The summed E-state index contributed by atoms with van der Waals surface area (Å²) in [6.45, 7) is 3.25. The van der Waals surface area contributed by atoms with E-state index < -0.39 is 0 Å². The van der Waals surface area contributed by atoms with Gasteiger partial charge in [0.15, 0.2) is 0 Å². The summed E-state index contributed by atoms with van der Waals surface area (Å²) in [6.07, 6.45) is 5.31. The first-order valence-corrected chi connectivity index (χ1v) is 7.28. The highest BCUT2D eigenvalue weighted by atomic mass is 16.2. The van der Waals surface area contributed by atoms with Gasteiger partial charge in [0.25, 0.3) is 23.6 Å². The Bertz CT molecular complexity index is 555. The Morgan fingerprint density at radius 1 is 0.667 bits per heavy atom. The van der Waals surface area contributed by atoms with Crippen LogP contribution in [0.5, 0.6) is 0 Å². The van der Waals surface area contributed by atoms with Crippen LogP contribution < -0.4 is 0 Å². The topological polar surface area (TPSA) is 109 Å². The maximum Gasteiger partial charge on any atom is 0.253 e. The van der Waals surface area contributed by atoms with Gasteiger partial charge in [-0.05, 0) is 13.8 Å². The Morgan fingerprint density at radius 2 is 0.917 bits per heavy atom. The van der Waals surface area contributed by atoms with Crippen LogP contribution >= 0.6 is 0 Å². The number of ketones is 2. The Hall–Kier alpha value is -2.90. The average Bonchev–Trinajstić information content (AvgIpc) is 2.98. The first-order valence-electron chi connectivity index (χ1n) is 7.28. The van der Waals surface area contributed by atoms with Crippen LogP contribution in [0, 0.1) is 0 Å². The fraction of sp³-hybridized carbons (Fsp3) is 0.375. The quantitative estimate of drug-likeness (QED) is 0.621. The molecule has 2 rings (SSSR count). The molecule has 0 spiro atoms. The number of amides is 4. The molecule has 0 unspecified atom stereocenters. The van der Waals surface area contributed by atoms with Gasteiger partial charge in [-0.3, -0.25) is 38.6 Å². The van der Waals surface area contributed by atoms with E-state index in [2.05, 4.69) is 0 Å². The Morgan fingerprint density at radius 3 is 1.12 bits per heavy atom. The van der Waals surface area contributed by atoms with Crippen molar-refractivity contribution < 1.29 is 28.8 Å². The Kier molecular flexibility index (Phi) is 6.91. The molecule has 0 N–H and O–H groups in total. The van der Waals surface area contributed by atoms with E-state index in [-0.39, 0.29) is 61.1 Å². The third kappa shape index (κ3) is 5.71. The molecule has 24 heavy (non-hydrogen) atoms. The minimum atomic E-state index is -0.332. The minimum absolute atomic E-state index is 0.0255. The monoisotopic (exact) mass is 334 g/mol. The van der Waals surface area contributed by atoms with Crippen molar-refractivity contribution in [1.82, 2.24) is 9.80 Å². The molecule has 2 heterocycles. The summed E-state index contributed by atoms with van der Waals surface area (Å²) in [4.78, 5) is 66.8. The second kappa shape index (κ2) is 8.66. The number of carbonyl (C=O) groups is 6. The third-order valence-electron chi connectivity index (χ3n) is 3.18. The fourth-order valence-corrected chi connectivity index (χ4v) is 1.84. The van der Waals surface area contributed by atoms with Gasteiger partial charge in [0.2, 0.25) is 0 Å². The average molecular weight is 334 g/mol. The van der Waals surface area contributed by atoms with Crippen molar-refractivity contribution in [3.05, 3.63) is 24.3 Å². The van der Waals surface area contributed by atoms with Crippen LogP contribution in [0.3, 0.4) is 0 Å². The molecule has 0 atom stereocenters. The zero-order chi connectivity index (χ0) is 18.3. The van der Waals surface area contributed by atoms with E-state index in [1.165, 1.54) is 38.2 Å². The predicted molar refractivity (Wildman–Crippen MR) is 82.3 cm³/mol. The van der Waals surface area contributed by atoms with Crippen molar-refractivity contribution in [2.75, 3.05) is 13.1 Å². The van der Waals surface area contributed by atoms with E-state index in [1.807, 2.05) is 0 Å². The van der Waals surface area contributed by atoms with Crippen molar-refractivity contribution in [2.45, 2.75) is 26.7 Å². The second-order valence-corrected chi connectivity index (χ2v) is 5.23. The Labute approximate surface area is 138 Å². The summed E-state index contributed by atoms with van der Waals surface area (Å²) < 4.78 is 0. The summed E-state index contributed by atoms with van der Waals surface area (Å²) in [6, 6.07) is 0. The second-order valence-electron chi connectivity index (χ2n) is 5.23. The number of hydrogen-bond donors (Lipinski definition) is 0. The van der Waals surface area contributed by atoms with Crippen molar-refractivity contribution >= 4 is 35.2 Å². The van der Waals surface area contributed by atoms with E-state index in [0.29, 0.717) is 0 Å². The first-order chi connectivity index (χ1) is 11.2. The zero-order valence-corrected chi connectivity index (χ0v) is 13.5. The molecule has 4 amide bonds. The standard InChI is InChI=1S/2C8H9NO3/c2*1-6(10)4-5-9-7(11)2-3-8(9)12/h2*2-3H,4-5H2,1H3. The molecule has 0 saturated carbocycles. The van der Waals surface area contributed by atoms with E-state index in [0.717, 1.165) is 9.80 Å². The van der Waals surface area contributed by atoms with Crippen LogP contribution in [0.1, 0.15) is 26.7 Å². The maximum atomic E-state index is 10.9. The summed E-state index contributed by atoms with van der Waals surface area (Å²) in [5.74, 6) is -1.38. The number of hydrogen-bond acceptors (Lipinski definition) is 6. The molecule has 8 nitrogen and oxygen atoms in total. The lowest BCUT2D eigenvalue weighted by Gasteiger charge is -2.11. The van der Waals surface area contributed by atoms with Gasteiger partial charge in [-0.2, -0.15) is 0 Å². The highest BCUT2D eigenvalue weighted by Crippen LogP contribution is 2.04. The molecule has 0 radical (unpaired) electrons. The van der Waals surface area contributed by atoms with E-state index >= 15 is 0 Å². The lowest BCUT2D eigenvalue weighted by atomic mass is 10.3. The molecule has 0 aromatic carbocycles. The van der Waals surface area contributed by atoms with Crippen molar-refractivity contribution in [2.24, 2.45) is 0 Å². The lowest BCUT2D eigenvalue weighted by Crippen LogP contribution is -2.31. The van der Waals surface area contributed by atoms with Crippen molar-refractivity contribution in [3.63, 3.8) is 0 Å². The maximum absolute atomic E-state index is 10.9. The van der Waals surface area contributed by atoms with Crippen LogP contribution in [-0.2, 0) is 28.8 Å². The molecule has 0 saturated heterocycles. The number of nitrogens with zero attached hydrogens (tertiary/aromatic N) is 2. The van der Waals surface area contributed by atoms with Crippen LogP contribution in [0.15, 0.2) is 24.3 Å². The molecule has 0 aromatic heterocycles. The van der Waals surface area contributed by atoms with Gasteiger partial charge in [0, 0.05) is 50.2 Å². The van der Waals surface area contributed by atoms with Crippen LogP contribution in [0.2, 0.25) is 0 Å². The van der Waals surface area contributed by atoms with Crippen molar-refractivity contribution in [1.29, 1.82) is 0 Å². The van der Waals surface area contributed by atoms with Gasteiger partial charge < -0.3 is 0 Å². The van der Waals surface area contributed by atoms with Gasteiger partial charge in [0.1, 0.15) is 11.6 Å². The highest BCUT2D eigenvalue weighted by Gasteiger charge is 2.23. The molecule has 0 aliphatic carbocycles. The van der Waals surface area contributed by atoms with Crippen LogP contribution in [0.25, 0.3) is 0 Å².